The third-order valence-electron chi connectivity index (χ3n) is 3.22. The van der Waals surface area contributed by atoms with Gasteiger partial charge in [-0.25, -0.2) is 0 Å². The summed E-state index contributed by atoms with van der Waals surface area (Å²) in [5, 5.41) is 11.7. The molecular weight excluding hydrogens is 230 g/mol. The van der Waals surface area contributed by atoms with Crippen molar-refractivity contribution in [3.63, 3.8) is 0 Å². The van der Waals surface area contributed by atoms with Crippen LogP contribution in [0.5, 0.6) is 5.75 Å². The van der Waals surface area contributed by atoms with Crippen molar-refractivity contribution in [3.05, 3.63) is 29.8 Å². The molecule has 1 amide bonds. The number of rotatable bonds is 6. The Labute approximate surface area is 107 Å². The van der Waals surface area contributed by atoms with Crippen LogP contribution in [0.3, 0.4) is 0 Å². The van der Waals surface area contributed by atoms with Gasteiger partial charge in [-0.15, -0.1) is 0 Å². The van der Waals surface area contributed by atoms with Gasteiger partial charge in [0.1, 0.15) is 12.4 Å². The summed E-state index contributed by atoms with van der Waals surface area (Å²) in [6.07, 6.45) is 0.995. The first-order chi connectivity index (χ1) is 8.72. The maximum absolute atomic E-state index is 11.7. The molecule has 0 radical (unpaired) electrons. The van der Waals surface area contributed by atoms with E-state index in [4.69, 9.17) is 9.84 Å². The van der Waals surface area contributed by atoms with Crippen LogP contribution in [0.1, 0.15) is 18.9 Å². The number of amides is 1. The predicted molar refractivity (Wildman–Crippen MR) is 68.1 cm³/mol. The molecule has 0 heterocycles. The Hall–Kier alpha value is -1.55. The second-order valence-corrected chi connectivity index (χ2v) is 4.72. The van der Waals surface area contributed by atoms with Gasteiger partial charge in [-0.2, -0.15) is 0 Å². The molecule has 1 aromatic rings. The molecule has 1 aromatic carbocycles. The molecule has 2 N–H and O–H groups in total. The standard InChI is InChI=1S/C14H19NO3/c1-10-8-12(10)14(17)15-9-11-4-2-3-5-13(11)18-7-6-16/h2-5,10,12,16H,6-9H2,1H3,(H,15,17). The molecule has 4 heteroatoms. The lowest BCUT2D eigenvalue weighted by atomic mass is 10.2. The van der Waals surface area contributed by atoms with Gasteiger partial charge in [0.05, 0.1) is 6.61 Å². The zero-order valence-corrected chi connectivity index (χ0v) is 10.6. The molecule has 2 atom stereocenters. The Morgan fingerprint density at radius 1 is 1.50 bits per heavy atom. The second-order valence-electron chi connectivity index (χ2n) is 4.72. The van der Waals surface area contributed by atoms with Gasteiger partial charge in [0.25, 0.3) is 0 Å². The fourth-order valence-electron chi connectivity index (χ4n) is 1.95. The fourth-order valence-corrected chi connectivity index (χ4v) is 1.95. The second kappa shape index (κ2) is 5.87. The number of aliphatic hydroxyl groups is 1. The first kappa shape index (κ1) is 12.9. The van der Waals surface area contributed by atoms with Gasteiger partial charge >= 0.3 is 0 Å². The first-order valence-electron chi connectivity index (χ1n) is 6.31. The van der Waals surface area contributed by atoms with Crippen LogP contribution < -0.4 is 10.1 Å². The molecular formula is C14H19NO3. The van der Waals surface area contributed by atoms with Gasteiger partial charge in [-0.3, -0.25) is 4.79 Å². The summed E-state index contributed by atoms with van der Waals surface area (Å²) in [5.74, 6) is 1.55. The average Bonchev–Trinajstić information content (AvgIpc) is 3.11. The van der Waals surface area contributed by atoms with Crippen LogP contribution in [-0.2, 0) is 11.3 Å². The molecule has 2 unspecified atom stereocenters. The summed E-state index contributed by atoms with van der Waals surface area (Å²) >= 11 is 0. The van der Waals surface area contributed by atoms with Crippen molar-refractivity contribution in [2.75, 3.05) is 13.2 Å². The van der Waals surface area contributed by atoms with E-state index in [0.29, 0.717) is 12.5 Å². The molecule has 0 aliphatic heterocycles. The van der Waals surface area contributed by atoms with Gasteiger partial charge in [-0.05, 0) is 18.4 Å². The fraction of sp³-hybridized carbons (Fsp3) is 0.500. The highest BCUT2D eigenvalue weighted by Crippen LogP contribution is 2.37. The molecule has 1 aliphatic rings. The maximum atomic E-state index is 11.7. The summed E-state index contributed by atoms with van der Waals surface area (Å²) in [6.45, 7) is 2.82. The van der Waals surface area contributed by atoms with Gasteiger partial charge in [0.15, 0.2) is 0 Å². The SMILES string of the molecule is CC1CC1C(=O)NCc1ccccc1OCCO. The van der Waals surface area contributed by atoms with Crippen molar-refractivity contribution in [2.45, 2.75) is 19.9 Å². The molecule has 18 heavy (non-hydrogen) atoms. The summed E-state index contributed by atoms with van der Waals surface area (Å²) in [4.78, 5) is 11.7. The van der Waals surface area contributed by atoms with Gasteiger partial charge in [-0.1, -0.05) is 25.1 Å². The lowest BCUT2D eigenvalue weighted by Crippen LogP contribution is -2.25. The summed E-state index contributed by atoms with van der Waals surface area (Å²) in [5.41, 5.74) is 0.938. The normalized spacial score (nSPS) is 21.4. The molecule has 0 spiro atoms. The van der Waals surface area contributed by atoms with E-state index < -0.39 is 0 Å². The van der Waals surface area contributed by atoms with Crippen molar-refractivity contribution in [3.8, 4) is 5.75 Å². The van der Waals surface area contributed by atoms with Gasteiger partial charge in [0, 0.05) is 18.0 Å². The third-order valence-corrected chi connectivity index (χ3v) is 3.22. The molecule has 1 aliphatic carbocycles. The Kier molecular flexibility index (Phi) is 4.20. The van der Waals surface area contributed by atoms with E-state index in [2.05, 4.69) is 12.2 Å². The van der Waals surface area contributed by atoms with Crippen molar-refractivity contribution < 1.29 is 14.6 Å². The van der Waals surface area contributed by atoms with E-state index in [9.17, 15) is 4.79 Å². The van der Waals surface area contributed by atoms with Crippen molar-refractivity contribution >= 4 is 5.91 Å². The molecule has 1 saturated carbocycles. The Morgan fingerprint density at radius 3 is 2.89 bits per heavy atom. The predicted octanol–water partition coefficient (Wildman–Crippen LogP) is 1.33. The minimum atomic E-state index is -0.0136. The van der Waals surface area contributed by atoms with Crippen LogP contribution in [0.4, 0.5) is 0 Å². The van der Waals surface area contributed by atoms with E-state index in [-0.39, 0.29) is 25.0 Å². The van der Waals surface area contributed by atoms with Crippen molar-refractivity contribution in [2.24, 2.45) is 11.8 Å². The zero-order valence-electron chi connectivity index (χ0n) is 10.6. The highest BCUT2D eigenvalue weighted by atomic mass is 16.5. The van der Waals surface area contributed by atoms with Crippen molar-refractivity contribution in [1.82, 2.24) is 5.32 Å². The zero-order chi connectivity index (χ0) is 13.0. The van der Waals surface area contributed by atoms with Crippen LogP contribution >= 0.6 is 0 Å². The summed E-state index contributed by atoms with van der Waals surface area (Å²) in [7, 11) is 0. The molecule has 0 aromatic heterocycles. The minimum Gasteiger partial charge on any atom is -0.491 e. The largest absolute Gasteiger partial charge is 0.491 e. The lowest BCUT2D eigenvalue weighted by molar-refractivity contribution is -0.122. The Bertz CT molecular complexity index is 419. The quantitative estimate of drug-likeness (QED) is 0.799. The molecule has 2 rings (SSSR count). The number of carbonyl (C=O) groups excluding carboxylic acids is 1. The molecule has 1 fully saturated rings. The van der Waals surface area contributed by atoms with Gasteiger partial charge < -0.3 is 15.2 Å². The lowest BCUT2D eigenvalue weighted by Gasteiger charge is -2.11. The Balaban J connectivity index is 1.89. The number of benzene rings is 1. The highest BCUT2D eigenvalue weighted by molar-refractivity contribution is 5.81. The minimum absolute atomic E-state index is 0.0136. The van der Waals surface area contributed by atoms with Gasteiger partial charge in [0.2, 0.25) is 5.91 Å². The monoisotopic (exact) mass is 249 g/mol. The number of hydrogen-bond donors (Lipinski definition) is 2. The van der Waals surface area contributed by atoms with E-state index in [1.54, 1.807) is 0 Å². The number of ether oxygens (including phenoxy) is 1. The maximum Gasteiger partial charge on any atom is 0.223 e. The topological polar surface area (TPSA) is 58.6 Å². The molecule has 4 nitrogen and oxygen atoms in total. The summed E-state index contributed by atoms with van der Waals surface area (Å²) < 4.78 is 5.41. The van der Waals surface area contributed by atoms with Crippen LogP contribution in [-0.4, -0.2) is 24.2 Å². The van der Waals surface area contributed by atoms with E-state index in [1.807, 2.05) is 24.3 Å². The average molecular weight is 249 g/mol. The molecule has 98 valence electrons. The molecule has 0 saturated heterocycles. The number of hydrogen-bond acceptors (Lipinski definition) is 3. The first-order valence-corrected chi connectivity index (χ1v) is 6.31. The van der Waals surface area contributed by atoms with E-state index >= 15 is 0 Å². The number of aliphatic hydroxyl groups excluding tert-OH is 1. The summed E-state index contributed by atoms with van der Waals surface area (Å²) in [6, 6.07) is 7.55. The van der Waals surface area contributed by atoms with Crippen molar-refractivity contribution in [1.29, 1.82) is 0 Å². The van der Waals surface area contributed by atoms with E-state index in [1.165, 1.54) is 0 Å². The van der Waals surface area contributed by atoms with Crippen LogP contribution in [0.2, 0.25) is 0 Å². The van der Waals surface area contributed by atoms with Crippen LogP contribution in [0, 0.1) is 11.8 Å². The van der Waals surface area contributed by atoms with E-state index in [0.717, 1.165) is 17.7 Å². The number of para-hydroxylation sites is 1. The third kappa shape index (κ3) is 3.23. The molecule has 0 bridgehead atoms. The number of nitrogens with one attached hydrogen (secondary N) is 1. The number of carbonyl (C=O) groups is 1. The van der Waals surface area contributed by atoms with Crippen LogP contribution in [0.25, 0.3) is 0 Å². The highest BCUT2D eigenvalue weighted by Gasteiger charge is 2.38. The Morgan fingerprint density at radius 2 is 2.22 bits per heavy atom. The smallest absolute Gasteiger partial charge is 0.223 e. The van der Waals surface area contributed by atoms with Crippen LogP contribution in [0.15, 0.2) is 24.3 Å².